The van der Waals surface area contributed by atoms with Gasteiger partial charge in [-0.2, -0.15) is 0 Å². The van der Waals surface area contributed by atoms with Crippen molar-refractivity contribution in [2.24, 2.45) is 0 Å². The Morgan fingerprint density at radius 3 is 2.39 bits per heavy atom. The molecule has 0 aliphatic carbocycles. The Morgan fingerprint density at radius 1 is 0.929 bits per heavy atom. The van der Waals surface area contributed by atoms with Crippen LogP contribution in [0.25, 0.3) is 0 Å². The van der Waals surface area contributed by atoms with E-state index in [1.54, 1.807) is 24.3 Å². The largest absolute Gasteiger partial charge is 0.497 e. The predicted molar refractivity (Wildman–Crippen MR) is 109 cm³/mol. The van der Waals surface area contributed by atoms with Gasteiger partial charge in [0.25, 0.3) is 10.0 Å². The molecule has 28 heavy (non-hydrogen) atoms. The van der Waals surface area contributed by atoms with Crippen molar-refractivity contribution in [1.29, 1.82) is 0 Å². The molecule has 2 N–H and O–H groups in total. The molecular formula is C20H21N3O4S. The Kier molecular flexibility index (Phi) is 5.70. The quantitative estimate of drug-likeness (QED) is 0.625. The van der Waals surface area contributed by atoms with Crippen LogP contribution in [0.4, 0.5) is 17.2 Å². The zero-order valence-corrected chi connectivity index (χ0v) is 16.6. The first-order chi connectivity index (χ1) is 13.4. The lowest BCUT2D eigenvalue weighted by Gasteiger charge is -2.13. The first kappa shape index (κ1) is 19.5. The highest BCUT2D eigenvalue weighted by atomic mass is 32.2. The molecule has 146 valence electrons. The van der Waals surface area contributed by atoms with Gasteiger partial charge in [-0.05, 0) is 48.9 Å². The minimum absolute atomic E-state index is 0.0173. The highest BCUT2D eigenvalue weighted by molar-refractivity contribution is 7.92. The van der Waals surface area contributed by atoms with Gasteiger partial charge in [-0.3, -0.25) is 4.72 Å². The van der Waals surface area contributed by atoms with Gasteiger partial charge < -0.3 is 14.8 Å². The lowest BCUT2D eigenvalue weighted by atomic mass is 10.2. The fourth-order valence-electron chi connectivity index (χ4n) is 2.60. The second-order valence-corrected chi connectivity index (χ2v) is 7.70. The first-order valence-electron chi connectivity index (χ1n) is 8.46. The number of ether oxygens (including phenoxy) is 2. The van der Waals surface area contributed by atoms with Gasteiger partial charge in [0.15, 0.2) is 0 Å². The Bertz CT molecular complexity index is 1070. The SMILES string of the molecule is COc1ccc(OC)c(S(=O)(=O)Nc2ccc(Nc3cccc(C)c3)nc2)c1. The molecule has 0 unspecified atom stereocenters. The number of hydrogen-bond donors (Lipinski definition) is 2. The van der Waals surface area contributed by atoms with Crippen molar-refractivity contribution < 1.29 is 17.9 Å². The summed E-state index contributed by atoms with van der Waals surface area (Å²) in [4.78, 5) is 4.25. The van der Waals surface area contributed by atoms with E-state index in [1.807, 2.05) is 31.2 Å². The number of rotatable bonds is 7. The molecular weight excluding hydrogens is 378 g/mol. The number of sulfonamides is 1. The number of aryl methyl sites for hydroxylation is 1. The van der Waals surface area contributed by atoms with Gasteiger partial charge in [0.1, 0.15) is 22.2 Å². The number of methoxy groups -OCH3 is 2. The summed E-state index contributed by atoms with van der Waals surface area (Å²) in [6.07, 6.45) is 1.45. The minimum atomic E-state index is -3.88. The normalized spacial score (nSPS) is 11.0. The highest BCUT2D eigenvalue weighted by Gasteiger charge is 2.21. The summed E-state index contributed by atoms with van der Waals surface area (Å²) in [5, 5.41) is 3.17. The van der Waals surface area contributed by atoms with Gasteiger partial charge in [-0.1, -0.05) is 12.1 Å². The molecule has 0 bridgehead atoms. The van der Waals surface area contributed by atoms with Crippen molar-refractivity contribution in [2.45, 2.75) is 11.8 Å². The molecule has 0 spiro atoms. The molecule has 0 fully saturated rings. The van der Waals surface area contributed by atoms with Gasteiger partial charge in [-0.15, -0.1) is 0 Å². The third kappa shape index (κ3) is 4.52. The molecule has 0 saturated carbocycles. The van der Waals surface area contributed by atoms with Crippen molar-refractivity contribution in [3.05, 3.63) is 66.4 Å². The van der Waals surface area contributed by atoms with E-state index >= 15 is 0 Å². The standard InChI is InChI=1S/C20H21N3O4S/c1-14-5-4-6-15(11-14)22-20-10-7-16(13-21-20)23-28(24,25)19-12-17(26-2)8-9-18(19)27-3/h4-13,23H,1-3H3,(H,21,22). The van der Waals surface area contributed by atoms with E-state index in [0.29, 0.717) is 17.3 Å². The molecule has 3 aromatic rings. The van der Waals surface area contributed by atoms with E-state index in [2.05, 4.69) is 15.0 Å². The van der Waals surface area contributed by atoms with Crippen LogP contribution in [-0.2, 0) is 10.0 Å². The molecule has 3 rings (SSSR count). The summed E-state index contributed by atoms with van der Waals surface area (Å²) < 4.78 is 38.3. The molecule has 0 aliphatic rings. The van der Waals surface area contributed by atoms with Gasteiger partial charge in [-0.25, -0.2) is 13.4 Å². The Balaban J connectivity index is 1.80. The molecule has 0 atom stereocenters. The van der Waals surface area contributed by atoms with Crippen LogP contribution in [0, 0.1) is 6.92 Å². The van der Waals surface area contributed by atoms with E-state index < -0.39 is 10.0 Å². The fourth-order valence-corrected chi connectivity index (χ4v) is 3.83. The molecule has 1 aromatic heterocycles. The molecule has 0 aliphatic heterocycles. The van der Waals surface area contributed by atoms with E-state index in [0.717, 1.165) is 11.3 Å². The van der Waals surface area contributed by atoms with Crippen LogP contribution in [0.3, 0.4) is 0 Å². The molecule has 1 heterocycles. The first-order valence-corrected chi connectivity index (χ1v) is 9.94. The maximum atomic E-state index is 12.8. The second-order valence-electron chi connectivity index (χ2n) is 6.05. The van der Waals surface area contributed by atoms with Gasteiger partial charge in [0, 0.05) is 11.8 Å². The van der Waals surface area contributed by atoms with Crippen LogP contribution in [0.2, 0.25) is 0 Å². The van der Waals surface area contributed by atoms with Crippen molar-refractivity contribution >= 4 is 27.2 Å². The Hall–Kier alpha value is -3.26. The second kappa shape index (κ2) is 8.18. The number of aromatic nitrogens is 1. The number of benzene rings is 2. The number of hydrogen-bond acceptors (Lipinski definition) is 6. The minimum Gasteiger partial charge on any atom is -0.497 e. The van der Waals surface area contributed by atoms with Crippen molar-refractivity contribution in [3.63, 3.8) is 0 Å². The van der Waals surface area contributed by atoms with Crippen LogP contribution in [0.5, 0.6) is 11.5 Å². The van der Waals surface area contributed by atoms with Gasteiger partial charge in [0.05, 0.1) is 26.1 Å². The maximum Gasteiger partial charge on any atom is 0.265 e. The van der Waals surface area contributed by atoms with Crippen LogP contribution in [-0.4, -0.2) is 27.6 Å². The van der Waals surface area contributed by atoms with Crippen LogP contribution >= 0.6 is 0 Å². The zero-order valence-electron chi connectivity index (χ0n) is 15.8. The summed E-state index contributed by atoms with van der Waals surface area (Å²) in [5.74, 6) is 1.24. The molecule has 2 aromatic carbocycles. The lowest BCUT2D eigenvalue weighted by molar-refractivity contribution is 0.392. The summed E-state index contributed by atoms with van der Waals surface area (Å²) >= 11 is 0. The summed E-state index contributed by atoms with van der Waals surface area (Å²) in [5.41, 5.74) is 2.36. The summed E-state index contributed by atoms with van der Waals surface area (Å²) in [7, 11) is -1.00. The molecule has 8 heteroatoms. The van der Waals surface area contributed by atoms with Crippen LogP contribution in [0.15, 0.2) is 65.7 Å². The van der Waals surface area contributed by atoms with Crippen LogP contribution in [0.1, 0.15) is 5.56 Å². The van der Waals surface area contributed by atoms with E-state index in [4.69, 9.17) is 9.47 Å². The highest BCUT2D eigenvalue weighted by Crippen LogP contribution is 2.29. The number of nitrogens with zero attached hydrogens (tertiary/aromatic N) is 1. The number of nitrogens with one attached hydrogen (secondary N) is 2. The topological polar surface area (TPSA) is 89.5 Å². The van der Waals surface area contributed by atoms with Crippen LogP contribution < -0.4 is 19.5 Å². The molecule has 7 nitrogen and oxygen atoms in total. The fraction of sp³-hybridized carbons (Fsp3) is 0.150. The van der Waals surface area contributed by atoms with E-state index in [1.165, 1.54) is 26.5 Å². The molecule has 0 amide bonds. The molecule has 0 radical (unpaired) electrons. The Labute approximate surface area is 164 Å². The van der Waals surface area contributed by atoms with Gasteiger partial charge in [0.2, 0.25) is 0 Å². The maximum absolute atomic E-state index is 12.8. The summed E-state index contributed by atoms with van der Waals surface area (Å²) in [6.45, 7) is 2.00. The van der Waals surface area contributed by atoms with E-state index in [9.17, 15) is 8.42 Å². The lowest BCUT2D eigenvalue weighted by Crippen LogP contribution is -2.14. The molecule has 0 saturated heterocycles. The van der Waals surface area contributed by atoms with Crippen molar-refractivity contribution in [3.8, 4) is 11.5 Å². The monoisotopic (exact) mass is 399 g/mol. The zero-order chi connectivity index (χ0) is 20.1. The van der Waals surface area contributed by atoms with Crippen molar-refractivity contribution in [1.82, 2.24) is 4.98 Å². The van der Waals surface area contributed by atoms with E-state index in [-0.39, 0.29) is 10.6 Å². The third-order valence-corrected chi connectivity index (χ3v) is 5.37. The van der Waals surface area contributed by atoms with Gasteiger partial charge >= 0.3 is 0 Å². The third-order valence-electron chi connectivity index (χ3n) is 3.97. The summed E-state index contributed by atoms with van der Waals surface area (Å²) in [6, 6.07) is 15.8. The smallest absolute Gasteiger partial charge is 0.265 e. The Morgan fingerprint density at radius 2 is 1.75 bits per heavy atom. The number of anilines is 3. The van der Waals surface area contributed by atoms with Crippen molar-refractivity contribution in [2.75, 3.05) is 24.3 Å². The predicted octanol–water partition coefficient (Wildman–Crippen LogP) is 3.95. The average Bonchev–Trinajstić information content (AvgIpc) is 2.69. The average molecular weight is 399 g/mol. The number of pyridine rings is 1.